The minimum atomic E-state index is -0.140. The highest BCUT2D eigenvalue weighted by Crippen LogP contribution is 2.09. The van der Waals surface area contributed by atoms with Gasteiger partial charge in [0, 0.05) is 25.0 Å². The number of anilines is 1. The number of carbonyl (C=O) groups excluding carboxylic acids is 1. The number of amides is 1. The van der Waals surface area contributed by atoms with Crippen molar-refractivity contribution in [2.24, 2.45) is 0 Å². The van der Waals surface area contributed by atoms with Gasteiger partial charge in [-0.15, -0.1) is 0 Å². The number of nitrogens with zero attached hydrogens (tertiary/aromatic N) is 1. The Hall–Kier alpha value is -3.14. The number of aryl methyl sites for hydroxylation is 1. The molecule has 1 aromatic heterocycles. The fourth-order valence-electron chi connectivity index (χ4n) is 2.89. The topological polar surface area (TPSA) is 54.0 Å². The van der Waals surface area contributed by atoms with E-state index in [1.54, 1.807) is 12.3 Å². The van der Waals surface area contributed by atoms with Crippen molar-refractivity contribution < 1.29 is 4.79 Å². The summed E-state index contributed by atoms with van der Waals surface area (Å²) < 4.78 is 0. The first-order valence-corrected chi connectivity index (χ1v) is 9.37. The summed E-state index contributed by atoms with van der Waals surface area (Å²) in [6, 6.07) is 24.3. The van der Waals surface area contributed by atoms with Crippen molar-refractivity contribution in [3.05, 3.63) is 95.8 Å². The molecule has 2 N–H and O–H groups in total. The van der Waals surface area contributed by atoms with Crippen molar-refractivity contribution in [3.63, 3.8) is 0 Å². The highest BCUT2D eigenvalue weighted by Gasteiger charge is 2.07. The number of benzene rings is 2. The second kappa shape index (κ2) is 10.1. The predicted molar refractivity (Wildman–Crippen MR) is 110 cm³/mol. The maximum atomic E-state index is 12.3. The van der Waals surface area contributed by atoms with Gasteiger partial charge in [0.05, 0.1) is 0 Å². The van der Waals surface area contributed by atoms with E-state index >= 15 is 0 Å². The standard InChI is InChI=1S/C23H25N3O/c27-23(26-16-13-20-10-5-2-6-11-20)22-18-21(14-17-25-22)24-15-7-12-19-8-3-1-4-9-19/h1-6,8-11,14,17-18H,7,12-13,15-16H2,(H,24,25)(H,26,27). The Kier molecular flexibility index (Phi) is 6.99. The van der Waals surface area contributed by atoms with Crippen molar-refractivity contribution in [3.8, 4) is 0 Å². The molecule has 0 unspecified atom stereocenters. The summed E-state index contributed by atoms with van der Waals surface area (Å²) in [5, 5.41) is 6.31. The van der Waals surface area contributed by atoms with E-state index in [1.807, 2.05) is 30.3 Å². The van der Waals surface area contributed by atoms with Crippen molar-refractivity contribution >= 4 is 11.6 Å². The molecule has 1 heterocycles. The Morgan fingerprint density at radius 2 is 1.48 bits per heavy atom. The van der Waals surface area contributed by atoms with E-state index in [2.05, 4.69) is 52.0 Å². The Bertz CT molecular complexity index is 835. The molecule has 138 valence electrons. The first-order valence-electron chi connectivity index (χ1n) is 9.37. The van der Waals surface area contributed by atoms with Crippen molar-refractivity contribution in [2.45, 2.75) is 19.3 Å². The minimum Gasteiger partial charge on any atom is -0.385 e. The summed E-state index contributed by atoms with van der Waals surface area (Å²) in [5.74, 6) is -0.140. The number of pyridine rings is 1. The van der Waals surface area contributed by atoms with Gasteiger partial charge >= 0.3 is 0 Å². The van der Waals surface area contributed by atoms with Crippen LogP contribution in [0.5, 0.6) is 0 Å². The van der Waals surface area contributed by atoms with Crippen molar-refractivity contribution in [1.29, 1.82) is 0 Å². The molecule has 3 rings (SSSR count). The third-order valence-corrected chi connectivity index (χ3v) is 4.35. The van der Waals surface area contributed by atoms with Crippen LogP contribution in [0.15, 0.2) is 79.0 Å². The van der Waals surface area contributed by atoms with Crippen LogP contribution in [0.25, 0.3) is 0 Å². The zero-order valence-electron chi connectivity index (χ0n) is 15.4. The van der Waals surface area contributed by atoms with Crippen LogP contribution in [0.4, 0.5) is 5.69 Å². The summed E-state index contributed by atoms with van der Waals surface area (Å²) in [7, 11) is 0. The van der Waals surface area contributed by atoms with Gasteiger partial charge in [-0.1, -0.05) is 60.7 Å². The molecule has 0 saturated heterocycles. The molecule has 3 aromatic rings. The molecule has 0 aliphatic heterocycles. The second-order valence-electron chi connectivity index (χ2n) is 6.44. The van der Waals surface area contributed by atoms with Gasteiger partial charge in [-0.3, -0.25) is 9.78 Å². The summed E-state index contributed by atoms with van der Waals surface area (Å²) >= 11 is 0. The van der Waals surface area contributed by atoms with Gasteiger partial charge in [-0.25, -0.2) is 0 Å². The van der Waals surface area contributed by atoms with Crippen molar-refractivity contribution in [2.75, 3.05) is 18.4 Å². The second-order valence-corrected chi connectivity index (χ2v) is 6.44. The normalized spacial score (nSPS) is 10.4. The Balaban J connectivity index is 1.42. The average molecular weight is 359 g/mol. The third kappa shape index (κ3) is 6.26. The first-order chi connectivity index (χ1) is 13.3. The molecule has 0 radical (unpaired) electrons. The Labute approximate surface area is 160 Å². The summed E-state index contributed by atoms with van der Waals surface area (Å²) in [6.45, 7) is 1.45. The van der Waals surface area contributed by atoms with Gasteiger partial charge in [0.2, 0.25) is 0 Å². The summed E-state index contributed by atoms with van der Waals surface area (Å²) in [4.78, 5) is 16.5. The van der Waals surface area contributed by atoms with Gasteiger partial charge in [0.25, 0.3) is 5.91 Å². The molecule has 0 aliphatic rings. The first kappa shape index (κ1) is 18.6. The zero-order valence-corrected chi connectivity index (χ0v) is 15.4. The Morgan fingerprint density at radius 1 is 0.815 bits per heavy atom. The fraction of sp³-hybridized carbons (Fsp3) is 0.217. The number of nitrogens with one attached hydrogen (secondary N) is 2. The molecule has 0 aliphatic carbocycles. The molecule has 0 fully saturated rings. The van der Waals surface area contributed by atoms with E-state index in [4.69, 9.17) is 0 Å². The van der Waals surface area contributed by atoms with Crippen LogP contribution in [-0.4, -0.2) is 24.0 Å². The van der Waals surface area contributed by atoms with E-state index in [-0.39, 0.29) is 5.91 Å². The number of hydrogen-bond donors (Lipinski definition) is 2. The summed E-state index contributed by atoms with van der Waals surface area (Å²) in [6.07, 6.45) is 4.55. The lowest BCUT2D eigenvalue weighted by Crippen LogP contribution is -2.26. The SMILES string of the molecule is O=C(NCCc1ccccc1)c1cc(NCCCc2ccccc2)ccn1. The molecular formula is C23H25N3O. The smallest absolute Gasteiger partial charge is 0.269 e. The van der Waals surface area contributed by atoms with Crippen LogP contribution >= 0.6 is 0 Å². The summed E-state index contributed by atoms with van der Waals surface area (Å²) in [5.41, 5.74) is 3.91. The van der Waals surface area contributed by atoms with Crippen LogP contribution in [0.3, 0.4) is 0 Å². The van der Waals surface area contributed by atoms with Crippen LogP contribution in [0.2, 0.25) is 0 Å². The fourth-order valence-corrected chi connectivity index (χ4v) is 2.89. The lowest BCUT2D eigenvalue weighted by molar-refractivity contribution is 0.0949. The highest BCUT2D eigenvalue weighted by atomic mass is 16.1. The molecule has 0 saturated carbocycles. The van der Waals surface area contributed by atoms with E-state index in [9.17, 15) is 4.79 Å². The highest BCUT2D eigenvalue weighted by molar-refractivity contribution is 5.93. The van der Waals surface area contributed by atoms with Gasteiger partial charge in [-0.05, 0) is 42.5 Å². The molecule has 2 aromatic carbocycles. The molecule has 4 heteroatoms. The molecule has 0 bridgehead atoms. The van der Waals surface area contributed by atoms with Gasteiger partial charge in [0.15, 0.2) is 0 Å². The van der Waals surface area contributed by atoms with E-state index < -0.39 is 0 Å². The zero-order chi connectivity index (χ0) is 18.7. The molecule has 27 heavy (non-hydrogen) atoms. The van der Waals surface area contributed by atoms with Crippen molar-refractivity contribution in [1.82, 2.24) is 10.3 Å². The number of aromatic nitrogens is 1. The van der Waals surface area contributed by atoms with Crippen LogP contribution < -0.4 is 10.6 Å². The van der Waals surface area contributed by atoms with Gasteiger partial charge in [-0.2, -0.15) is 0 Å². The predicted octanol–water partition coefficient (Wildman–Crippen LogP) is 4.10. The van der Waals surface area contributed by atoms with Crippen LogP contribution in [0.1, 0.15) is 28.0 Å². The maximum Gasteiger partial charge on any atom is 0.269 e. The van der Waals surface area contributed by atoms with E-state index in [0.29, 0.717) is 12.2 Å². The monoisotopic (exact) mass is 359 g/mol. The maximum absolute atomic E-state index is 12.3. The number of hydrogen-bond acceptors (Lipinski definition) is 3. The van der Waals surface area contributed by atoms with E-state index in [0.717, 1.165) is 31.5 Å². The number of rotatable bonds is 9. The lowest BCUT2D eigenvalue weighted by atomic mass is 10.1. The van der Waals surface area contributed by atoms with E-state index in [1.165, 1.54) is 11.1 Å². The molecule has 0 atom stereocenters. The molecule has 1 amide bonds. The molecular weight excluding hydrogens is 334 g/mol. The molecule has 0 spiro atoms. The lowest BCUT2D eigenvalue weighted by Gasteiger charge is -2.09. The Morgan fingerprint density at radius 3 is 2.19 bits per heavy atom. The average Bonchev–Trinajstić information content (AvgIpc) is 2.73. The third-order valence-electron chi connectivity index (χ3n) is 4.35. The minimum absolute atomic E-state index is 0.140. The van der Waals surface area contributed by atoms with Crippen LogP contribution in [-0.2, 0) is 12.8 Å². The largest absolute Gasteiger partial charge is 0.385 e. The molecule has 4 nitrogen and oxygen atoms in total. The number of carbonyl (C=O) groups is 1. The van der Waals surface area contributed by atoms with Crippen LogP contribution in [0, 0.1) is 0 Å². The van der Waals surface area contributed by atoms with Gasteiger partial charge < -0.3 is 10.6 Å². The quantitative estimate of drug-likeness (QED) is 0.566. The van der Waals surface area contributed by atoms with Gasteiger partial charge in [0.1, 0.15) is 5.69 Å².